The Kier molecular flexibility index (Phi) is 3.90. The second-order valence-corrected chi connectivity index (χ2v) is 4.91. The minimum atomic E-state index is -0.417. The van der Waals surface area contributed by atoms with Crippen LogP contribution in [-0.2, 0) is 0 Å². The maximum Gasteiger partial charge on any atom is 0.258 e. The van der Waals surface area contributed by atoms with Gasteiger partial charge in [0.2, 0.25) is 5.95 Å². The maximum atomic E-state index is 13.1. The third kappa shape index (κ3) is 3.35. The average Bonchev–Trinajstić information content (AvgIpc) is 2.31. The number of anilines is 1. The molecule has 0 fully saturated rings. The van der Waals surface area contributed by atoms with Gasteiger partial charge in [0.25, 0.3) is 5.91 Å². The number of aryl methyl sites for hydroxylation is 2. The molecule has 0 aliphatic heterocycles. The summed E-state index contributed by atoms with van der Waals surface area (Å²) in [4.78, 5) is 20.2. The molecule has 0 saturated heterocycles. The number of hydrogen-bond acceptors (Lipinski definition) is 3. The highest BCUT2D eigenvalue weighted by Crippen LogP contribution is 2.17. The van der Waals surface area contributed by atoms with Gasteiger partial charge in [0, 0.05) is 17.0 Å². The van der Waals surface area contributed by atoms with Gasteiger partial charge in [-0.05, 0) is 54.0 Å². The summed E-state index contributed by atoms with van der Waals surface area (Å²) in [6.45, 7) is 3.64. The van der Waals surface area contributed by atoms with Crippen LogP contribution in [0.2, 0.25) is 0 Å². The molecular formula is C13H11BrFN3O. The number of aromatic nitrogens is 2. The van der Waals surface area contributed by atoms with Crippen LogP contribution in [0.1, 0.15) is 21.7 Å². The van der Waals surface area contributed by atoms with Gasteiger partial charge in [-0.25, -0.2) is 14.4 Å². The van der Waals surface area contributed by atoms with Gasteiger partial charge in [-0.15, -0.1) is 0 Å². The van der Waals surface area contributed by atoms with Crippen molar-refractivity contribution in [2.75, 3.05) is 5.32 Å². The predicted molar refractivity (Wildman–Crippen MR) is 73.6 cm³/mol. The van der Waals surface area contributed by atoms with Crippen molar-refractivity contribution in [2.24, 2.45) is 0 Å². The van der Waals surface area contributed by atoms with Crippen LogP contribution in [0.5, 0.6) is 0 Å². The second kappa shape index (κ2) is 5.44. The van der Waals surface area contributed by atoms with Crippen molar-refractivity contribution in [3.63, 3.8) is 0 Å². The lowest BCUT2D eigenvalue weighted by atomic mass is 10.2. The first kappa shape index (κ1) is 13.6. The van der Waals surface area contributed by atoms with Crippen molar-refractivity contribution in [3.8, 4) is 0 Å². The summed E-state index contributed by atoms with van der Waals surface area (Å²) >= 11 is 3.04. The normalized spacial score (nSPS) is 10.3. The zero-order valence-electron chi connectivity index (χ0n) is 10.4. The van der Waals surface area contributed by atoms with Crippen LogP contribution in [0.25, 0.3) is 0 Å². The highest BCUT2D eigenvalue weighted by atomic mass is 79.9. The fourth-order valence-corrected chi connectivity index (χ4v) is 1.97. The van der Waals surface area contributed by atoms with Crippen molar-refractivity contribution >= 4 is 27.8 Å². The first-order chi connectivity index (χ1) is 8.95. The molecule has 1 heterocycles. The molecule has 0 unspecified atom stereocenters. The number of rotatable bonds is 2. The molecule has 1 aromatic heterocycles. The highest BCUT2D eigenvalue weighted by Gasteiger charge is 2.10. The number of benzene rings is 1. The Labute approximate surface area is 118 Å². The van der Waals surface area contributed by atoms with Gasteiger partial charge in [0.1, 0.15) is 5.82 Å². The van der Waals surface area contributed by atoms with Crippen LogP contribution in [0, 0.1) is 19.7 Å². The summed E-state index contributed by atoms with van der Waals surface area (Å²) in [5, 5.41) is 2.58. The smallest absolute Gasteiger partial charge is 0.258 e. The summed E-state index contributed by atoms with van der Waals surface area (Å²) < 4.78 is 13.3. The van der Waals surface area contributed by atoms with E-state index in [9.17, 15) is 9.18 Å². The van der Waals surface area contributed by atoms with Crippen LogP contribution in [0.4, 0.5) is 10.3 Å². The van der Waals surface area contributed by atoms with Crippen LogP contribution in [0.15, 0.2) is 28.7 Å². The van der Waals surface area contributed by atoms with E-state index in [4.69, 9.17) is 0 Å². The topological polar surface area (TPSA) is 54.9 Å². The van der Waals surface area contributed by atoms with E-state index in [0.717, 1.165) is 11.4 Å². The Bertz CT molecular complexity index is 626. The molecule has 98 valence electrons. The monoisotopic (exact) mass is 323 g/mol. The molecule has 1 amide bonds. The largest absolute Gasteiger partial charge is 0.290 e. The summed E-state index contributed by atoms with van der Waals surface area (Å²) in [6.07, 6.45) is 0. The lowest BCUT2D eigenvalue weighted by Crippen LogP contribution is -2.15. The van der Waals surface area contributed by atoms with E-state index in [1.54, 1.807) is 0 Å². The van der Waals surface area contributed by atoms with Gasteiger partial charge in [-0.2, -0.15) is 0 Å². The number of hydrogen-bond donors (Lipinski definition) is 1. The van der Waals surface area contributed by atoms with E-state index < -0.39 is 5.82 Å². The van der Waals surface area contributed by atoms with Crippen molar-refractivity contribution in [3.05, 3.63) is 51.5 Å². The summed E-state index contributed by atoms with van der Waals surface area (Å²) in [6, 6.07) is 5.84. The molecule has 2 aromatic rings. The lowest BCUT2D eigenvalue weighted by Gasteiger charge is -2.06. The summed E-state index contributed by atoms with van der Waals surface area (Å²) in [5.74, 6) is -0.562. The number of halogens is 2. The predicted octanol–water partition coefficient (Wildman–Crippen LogP) is 3.25. The van der Waals surface area contributed by atoms with E-state index >= 15 is 0 Å². The van der Waals surface area contributed by atoms with Gasteiger partial charge in [-0.1, -0.05) is 0 Å². The van der Waals surface area contributed by atoms with Gasteiger partial charge in [-0.3, -0.25) is 10.1 Å². The zero-order valence-corrected chi connectivity index (χ0v) is 12.0. The van der Waals surface area contributed by atoms with E-state index in [1.807, 2.05) is 19.9 Å². The van der Waals surface area contributed by atoms with E-state index in [2.05, 4.69) is 31.2 Å². The average molecular weight is 324 g/mol. The van der Waals surface area contributed by atoms with Gasteiger partial charge >= 0.3 is 0 Å². The second-order valence-electron chi connectivity index (χ2n) is 4.06. The third-order valence-electron chi connectivity index (χ3n) is 2.39. The molecule has 1 aromatic carbocycles. The van der Waals surface area contributed by atoms with Crippen LogP contribution >= 0.6 is 15.9 Å². The molecule has 6 heteroatoms. The number of amides is 1. The molecule has 0 atom stereocenters. The standard InChI is InChI=1S/C13H11BrFN3O/c1-7-5-8(2)17-13(16-7)18-12(19)9-3-4-11(15)10(14)6-9/h3-6H,1-2H3,(H,16,17,18,19). The molecule has 0 aliphatic carbocycles. The first-order valence-electron chi connectivity index (χ1n) is 5.54. The Balaban J connectivity index is 2.22. The molecule has 0 aliphatic rings. The SMILES string of the molecule is Cc1cc(C)nc(NC(=O)c2ccc(F)c(Br)c2)n1. The van der Waals surface area contributed by atoms with E-state index in [0.29, 0.717) is 5.56 Å². The highest BCUT2D eigenvalue weighted by molar-refractivity contribution is 9.10. The van der Waals surface area contributed by atoms with Crippen molar-refractivity contribution in [1.29, 1.82) is 0 Å². The molecule has 2 rings (SSSR count). The molecular weight excluding hydrogens is 313 g/mol. The Morgan fingerprint density at radius 2 is 1.84 bits per heavy atom. The Morgan fingerprint density at radius 1 is 1.21 bits per heavy atom. The molecule has 0 bridgehead atoms. The Hall–Kier alpha value is -1.82. The van der Waals surface area contributed by atoms with Crippen LogP contribution < -0.4 is 5.32 Å². The minimum Gasteiger partial charge on any atom is -0.290 e. The van der Waals surface area contributed by atoms with E-state index in [1.165, 1.54) is 18.2 Å². The van der Waals surface area contributed by atoms with Crippen molar-refractivity contribution in [2.45, 2.75) is 13.8 Å². The van der Waals surface area contributed by atoms with Gasteiger partial charge < -0.3 is 0 Å². The quantitative estimate of drug-likeness (QED) is 0.923. The maximum absolute atomic E-state index is 13.1. The van der Waals surface area contributed by atoms with Crippen LogP contribution in [-0.4, -0.2) is 15.9 Å². The van der Waals surface area contributed by atoms with Gasteiger partial charge in [0.05, 0.1) is 4.47 Å². The molecule has 0 saturated carbocycles. The van der Waals surface area contributed by atoms with Crippen molar-refractivity contribution < 1.29 is 9.18 Å². The van der Waals surface area contributed by atoms with Crippen molar-refractivity contribution in [1.82, 2.24) is 9.97 Å². The number of carbonyl (C=O) groups excluding carboxylic acids is 1. The van der Waals surface area contributed by atoms with E-state index in [-0.39, 0.29) is 16.3 Å². The number of carbonyl (C=O) groups is 1. The first-order valence-corrected chi connectivity index (χ1v) is 6.33. The fourth-order valence-electron chi connectivity index (χ4n) is 1.59. The molecule has 4 nitrogen and oxygen atoms in total. The molecule has 1 N–H and O–H groups in total. The van der Waals surface area contributed by atoms with Crippen LogP contribution in [0.3, 0.4) is 0 Å². The zero-order chi connectivity index (χ0) is 14.0. The minimum absolute atomic E-state index is 0.237. The number of nitrogens with zero attached hydrogens (tertiary/aromatic N) is 2. The summed E-state index contributed by atoms with van der Waals surface area (Å²) in [7, 11) is 0. The molecule has 19 heavy (non-hydrogen) atoms. The summed E-state index contributed by atoms with van der Waals surface area (Å²) in [5.41, 5.74) is 1.86. The van der Waals surface area contributed by atoms with Gasteiger partial charge in [0.15, 0.2) is 0 Å². The Morgan fingerprint density at radius 3 is 2.42 bits per heavy atom. The molecule has 0 radical (unpaired) electrons. The fraction of sp³-hybridized carbons (Fsp3) is 0.154. The number of nitrogens with one attached hydrogen (secondary N) is 1. The lowest BCUT2D eigenvalue weighted by molar-refractivity contribution is 0.102. The molecule has 0 spiro atoms. The third-order valence-corrected chi connectivity index (χ3v) is 3.00.